The monoisotopic (exact) mass is 291 g/mol. The van der Waals surface area contributed by atoms with Gasteiger partial charge in [-0.25, -0.2) is 0 Å². The zero-order chi connectivity index (χ0) is 14.5. The Hall–Kier alpha value is -1.46. The van der Waals surface area contributed by atoms with Crippen LogP contribution in [0.5, 0.6) is 10.9 Å². The summed E-state index contributed by atoms with van der Waals surface area (Å²) in [6.07, 6.45) is 0. The number of hydrogen-bond acceptors (Lipinski definition) is 5. The summed E-state index contributed by atoms with van der Waals surface area (Å²) in [7, 11) is 0. The summed E-state index contributed by atoms with van der Waals surface area (Å²) >= 11 is 1.48. The Labute approximate surface area is 124 Å². The zero-order valence-electron chi connectivity index (χ0n) is 12.4. The van der Waals surface area contributed by atoms with Crippen LogP contribution in [0, 0.1) is 19.8 Å². The normalized spacial score (nSPS) is 11.1. The Kier molecular flexibility index (Phi) is 5.09. The van der Waals surface area contributed by atoms with E-state index in [-0.39, 0.29) is 0 Å². The summed E-state index contributed by atoms with van der Waals surface area (Å²) < 4.78 is 5.74. The molecule has 5 heteroatoms. The van der Waals surface area contributed by atoms with Crippen LogP contribution in [0.4, 0.5) is 0 Å². The van der Waals surface area contributed by atoms with Crippen molar-refractivity contribution in [2.75, 3.05) is 6.54 Å². The van der Waals surface area contributed by atoms with Crippen LogP contribution in [0.2, 0.25) is 0 Å². The van der Waals surface area contributed by atoms with E-state index in [0.29, 0.717) is 11.1 Å². The Bertz CT molecular complexity index is 566. The number of aromatic nitrogens is 2. The summed E-state index contributed by atoms with van der Waals surface area (Å²) in [5, 5.41) is 13.1. The average Bonchev–Trinajstić information content (AvgIpc) is 2.81. The summed E-state index contributed by atoms with van der Waals surface area (Å²) in [5.41, 5.74) is 2.47. The molecule has 0 saturated carbocycles. The fraction of sp³-hybridized carbons (Fsp3) is 0.467. The van der Waals surface area contributed by atoms with Gasteiger partial charge in [-0.15, -0.1) is 5.10 Å². The van der Waals surface area contributed by atoms with Crippen LogP contribution in [-0.2, 0) is 6.54 Å². The predicted molar refractivity (Wildman–Crippen MR) is 82.4 cm³/mol. The van der Waals surface area contributed by atoms with Gasteiger partial charge in [0.25, 0.3) is 5.19 Å². The standard InChI is InChI=1S/C15H21N3OS/c1-10(2)8-16-9-14-17-18-15(20-14)19-13-6-5-11(3)12(4)7-13/h5-7,10,16H,8-9H2,1-4H3. The van der Waals surface area contributed by atoms with E-state index in [1.165, 1.54) is 22.5 Å². The van der Waals surface area contributed by atoms with Gasteiger partial charge in [0, 0.05) is 6.54 Å². The third-order valence-corrected chi connectivity index (χ3v) is 3.76. The maximum Gasteiger partial charge on any atom is 0.299 e. The minimum Gasteiger partial charge on any atom is -0.430 e. The molecule has 2 aromatic rings. The molecule has 0 unspecified atom stereocenters. The molecule has 0 amide bonds. The molecule has 0 fully saturated rings. The highest BCUT2D eigenvalue weighted by Crippen LogP contribution is 2.26. The van der Waals surface area contributed by atoms with E-state index < -0.39 is 0 Å². The zero-order valence-corrected chi connectivity index (χ0v) is 13.3. The lowest BCUT2D eigenvalue weighted by Gasteiger charge is -2.04. The minimum absolute atomic E-state index is 0.592. The SMILES string of the molecule is Cc1ccc(Oc2nnc(CNCC(C)C)s2)cc1C. The van der Waals surface area contributed by atoms with E-state index in [2.05, 4.69) is 49.3 Å². The number of benzene rings is 1. The first kappa shape index (κ1) is 14.9. The van der Waals surface area contributed by atoms with Gasteiger partial charge in [-0.3, -0.25) is 0 Å². The first-order valence-electron chi connectivity index (χ1n) is 6.83. The smallest absolute Gasteiger partial charge is 0.299 e. The van der Waals surface area contributed by atoms with Crippen LogP contribution in [0.3, 0.4) is 0 Å². The summed E-state index contributed by atoms with van der Waals surface area (Å²) in [6, 6.07) is 6.03. The molecule has 2 rings (SSSR count). The first-order valence-corrected chi connectivity index (χ1v) is 7.64. The Balaban J connectivity index is 1.93. The lowest BCUT2D eigenvalue weighted by Crippen LogP contribution is -2.18. The lowest BCUT2D eigenvalue weighted by atomic mass is 10.1. The minimum atomic E-state index is 0.592. The van der Waals surface area contributed by atoms with Crippen molar-refractivity contribution in [2.45, 2.75) is 34.2 Å². The van der Waals surface area contributed by atoms with Crippen molar-refractivity contribution in [3.8, 4) is 10.9 Å². The van der Waals surface area contributed by atoms with E-state index in [9.17, 15) is 0 Å². The quantitative estimate of drug-likeness (QED) is 0.881. The molecule has 0 saturated heterocycles. The molecule has 108 valence electrons. The Morgan fingerprint density at radius 1 is 1.20 bits per heavy atom. The highest BCUT2D eigenvalue weighted by atomic mass is 32.1. The van der Waals surface area contributed by atoms with Crippen molar-refractivity contribution in [1.29, 1.82) is 0 Å². The van der Waals surface area contributed by atoms with Gasteiger partial charge in [-0.05, 0) is 49.6 Å². The van der Waals surface area contributed by atoms with Crippen molar-refractivity contribution in [3.05, 3.63) is 34.3 Å². The molecular weight excluding hydrogens is 270 g/mol. The second-order valence-corrected chi connectivity index (χ2v) is 6.36. The molecule has 1 heterocycles. The van der Waals surface area contributed by atoms with Gasteiger partial charge in [0.1, 0.15) is 10.8 Å². The van der Waals surface area contributed by atoms with E-state index in [1.54, 1.807) is 0 Å². The molecular formula is C15H21N3OS. The number of rotatable bonds is 6. The molecule has 1 N–H and O–H groups in total. The lowest BCUT2D eigenvalue weighted by molar-refractivity contribution is 0.472. The van der Waals surface area contributed by atoms with Gasteiger partial charge in [0.05, 0.1) is 0 Å². The molecule has 0 aliphatic heterocycles. The second kappa shape index (κ2) is 6.81. The highest BCUT2D eigenvalue weighted by molar-refractivity contribution is 7.13. The molecule has 0 atom stereocenters. The fourth-order valence-electron chi connectivity index (χ4n) is 1.70. The predicted octanol–water partition coefficient (Wildman–Crippen LogP) is 3.69. The van der Waals surface area contributed by atoms with Crippen LogP contribution >= 0.6 is 11.3 Å². The van der Waals surface area contributed by atoms with E-state index in [4.69, 9.17) is 4.74 Å². The van der Waals surface area contributed by atoms with Crippen molar-refractivity contribution in [3.63, 3.8) is 0 Å². The first-order chi connectivity index (χ1) is 9.54. The summed E-state index contributed by atoms with van der Waals surface area (Å²) in [6.45, 7) is 10.2. The number of ether oxygens (including phenoxy) is 1. The van der Waals surface area contributed by atoms with Crippen LogP contribution in [0.1, 0.15) is 30.0 Å². The highest BCUT2D eigenvalue weighted by Gasteiger charge is 2.07. The molecule has 20 heavy (non-hydrogen) atoms. The molecule has 0 bridgehead atoms. The van der Waals surface area contributed by atoms with Gasteiger partial charge in [0.15, 0.2) is 0 Å². The molecule has 1 aromatic carbocycles. The van der Waals surface area contributed by atoms with E-state index in [0.717, 1.165) is 23.8 Å². The molecule has 0 aliphatic carbocycles. The van der Waals surface area contributed by atoms with Crippen LogP contribution in [-0.4, -0.2) is 16.7 Å². The largest absolute Gasteiger partial charge is 0.430 e. The van der Waals surface area contributed by atoms with Gasteiger partial charge >= 0.3 is 0 Å². The van der Waals surface area contributed by atoms with Crippen molar-refractivity contribution in [2.24, 2.45) is 5.92 Å². The number of nitrogens with zero attached hydrogens (tertiary/aromatic N) is 2. The van der Waals surface area contributed by atoms with Crippen molar-refractivity contribution in [1.82, 2.24) is 15.5 Å². The molecule has 4 nitrogen and oxygen atoms in total. The van der Waals surface area contributed by atoms with Gasteiger partial charge in [-0.2, -0.15) is 0 Å². The number of nitrogens with one attached hydrogen (secondary N) is 1. The molecule has 0 radical (unpaired) electrons. The fourth-order valence-corrected chi connectivity index (χ4v) is 2.37. The van der Waals surface area contributed by atoms with Gasteiger partial charge in [-0.1, -0.05) is 36.3 Å². The maximum atomic E-state index is 5.74. The third kappa shape index (κ3) is 4.28. The van der Waals surface area contributed by atoms with E-state index >= 15 is 0 Å². The molecule has 0 spiro atoms. The van der Waals surface area contributed by atoms with Crippen LogP contribution in [0.15, 0.2) is 18.2 Å². The molecule has 1 aromatic heterocycles. The number of aryl methyl sites for hydroxylation is 2. The molecule has 0 aliphatic rings. The maximum absolute atomic E-state index is 5.74. The van der Waals surface area contributed by atoms with Crippen LogP contribution in [0.25, 0.3) is 0 Å². The third-order valence-electron chi connectivity index (χ3n) is 2.96. The van der Waals surface area contributed by atoms with Crippen molar-refractivity contribution >= 4 is 11.3 Å². The van der Waals surface area contributed by atoms with Gasteiger partial charge in [0.2, 0.25) is 0 Å². The van der Waals surface area contributed by atoms with E-state index in [1.807, 2.05) is 12.1 Å². The number of hydrogen-bond donors (Lipinski definition) is 1. The average molecular weight is 291 g/mol. The summed E-state index contributed by atoms with van der Waals surface area (Å²) in [4.78, 5) is 0. The topological polar surface area (TPSA) is 47.0 Å². The Morgan fingerprint density at radius 3 is 2.70 bits per heavy atom. The Morgan fingerprint density at radius 2 is 2.00 bits per heavy atom. The van der Waals surface area contributed by atoms with Gasteiger partial charge < -0.3 is 10.1 Å². The second-order valence-electron chi connectivity index (χ2n) is 5.33. The van der Waals surface area contributed by atoms with Crippen molar-refractivity contribution < 1.29 is 4.74 Å². The summed E-state index contributed by atoms with van der Waals surface area (Å²) in [5.74, 6) is 1.44. The van der Waals surface area contributed by atoms with Crippen LogP contribution < -0.4 is 10.1 Å².